The predicted octanol–water partition coefficient (Wildman–Crippen LogP) is 2.90. The van der Waals surface area contributed by atoms with Crippen molar-refractivity contribution in [3.63, 3.8) is 0 Å². The molecule has 3 rings (SSSR count). The summed E-state index contributed by atoms with van der Waals surface area (Å²) in [7, 11) is 0. The highest BCUT2D eigenvalue weighted by molar-refractivity contribution is 7.71. The average molecular weight is 335 g/mol. The first-order valence-corrected chi connectivity index (χ1v) is 7.15. The van der Waals surface area contributed by atoms with E-state index < -0.39 is 0 Å². The Morgan fingerprint density at radius 3 is 3.00 bits per heavy atom. The van der Waals surface area contributed by atoms with Gasteiger partial charge in [0.05, 0.1) is 18.3 Å². The third kappa shape index (κ3) is 2.56. The summed E-state index contributed by atoms with van der Waals surface area (Å²) in [5, 5.41) is 12.4. The smallest absolute Gasteiger partial charge is 0.276 e. The molecule has 0 spiro atoms. The number of H-pyrrole nitrogens is 2. The average Bonchev–Trinajstić information content (AvgIpc) is 2.95. The topological polar surface area (TPSA) is 86.2 Å². The first-order valence-electron chi connectivity index (χ1n) is 6.36. The summed E-state index contributed by atoms with van der Waals surface area (Å²) in [6.45, 7) is 0.405. The van der Waals surface area contributed by atoms with Gasteiger partial charge in [-0.15, -0.1) is 0 Å². The molecule has 0 bridgehead atoms. The maximum absolute atomic E-state index is 11.8. The lowest BCUT2D eigenvalue weighted by Gasteiger charge is -2.11. The van der Waals surface area contributed by atoms with Crippen LogP contribution in [0.25, 0.3) is 11.0 Å². The van der Waals surface area contributed by atoms with Gasteiger partial charge in [0.1, 0.15) is 5.52 Å². The Morgan fingerprint density at radius 2 is 2.23 bits per heavy atom. The van der Waals surface area contributed by atoms with Crippen molar-refractivity contribution in [1.82, 2.24) is 14.5 Å². The molecule has 0 radical (unpaired) electrons. The fourth-order valence-electron chi connectivity index (χ4n) is 2.32. The van der Waals surface area contributed by atoms with Crippen molar-refractivity contribution in [3.8, 4) is 0 Å². The molecule has 6 nitrogen and oxygen atoms in total. The number of halogens is 1. The molecule has 0 aliphatic rings. The molecule has 0 atom stereocenters. The van der Waals surface area contributed by atoms with Crippen molar-refractivity contribution >= 4 is 41.1 Å². The van der Waals surface area contributed by atoms with Crippen molar-refractivity contribution < 1.29 is 5.21 Å². The molecule has 0 saturated carbocycles. The van der Waals surface area contributed by atoms with Gasteiger partial charge in [0.25, 0.3) is 5.56 Å². The monoisotopic (exact) mass is 334 g/mol. The largest absolute Gasteiger partial charge is 0.411 e. The maximum Gasteiger partial charge on any atom is 0.276 e. The Bertz CT molecular complexity index is 986. The second-order valence-electron chi connectivity index (χ2n) is 4.67. The summed E-state index contributed by atoms with van der Waals surface area (Å²) in [4.78, 5) is 17.4. The Morgan fingerprint density at radius 1 is 1.41 bits per heavy atom. The minimum absolute atomic E-state index is 0.255. The first kappa shape index (κ1) is 14.6. The van der Waals surface area contributed by atoms with Gasteiger partial charge in [0.2, 0.25) is 0 Å². The highest BCUT2D eigenvalue weighted by atomic mass is 35.5. The van der Waals surface area contributed by atoms with Gasteiger partial charge in [-0.1, -0.05) is 22.8 Å². The quantitative estimate of drug-likeness (QED) is 0.298. The number of nitrogens with zero attached hydrogens (tertiary/aromatic N) is 2. The van der Waals surface area contributed by atoms with Crippen molar-refractivity contribution in [1.29, 1.82) is 0 Å². The number of hydrogen-bond donors (Lipinski definition) is 3. The van der Waals surface area contributed by atoms with E-state index in [1.54, 1.807) is 29.0 Å². The summed E-state index contributed by atoms with van der Waals surface area (Å²) in [6.07, 6.45) is 2.99. The van der Waals surface area contributed by atoms with Crippen LogP contribution in [0.15, 0.2) is 40.4 Å². The summed E-state index contributed by atoms with van der Waals surface area (Å²) in [5.41, 5.74) is 2.43. The number of nitrogens with one attached hydrogen (secondary N) is 2. The molecule has 2 aromatic heterocycles. The van der Waals surface area contributed by atoms with E-state index in [1.165, 1.54) is 6.21 Å². The fraction of sp³-hybridized carbons (Fsp3) is 0.0714. The summed E-state index contributed by atoms with van der Waals surface area (Å²) < 4.78 is 2.11. The summed E-state index contributed by atoms with van der Waals surface area (Å²) in [6, 6.07) is 7.05. The van der Waals surface area contributed by atoms with Crippen LogP contribution < -0.4 is 5.56 Å². The van der Waals surface area contributed by atoms with Crippen LogP contribution in [0.2, 0.25) is 5.02 Å². The second-order valence-corrected chi connectivity index (χ2v) is 5.49. The van der Waals surface area contributed by atoms with Crippen molar-refractivity contribution in [3.05, 3.63) is 61.7 Å². The Kier molecular flexibility index (Phi) is 3.82. The van der Waals surface area contributed by atoms with Gasteiger partial charge >= 0.3 is 0 Å². The van der Waals surface area contributed by atoms with E-state index in [1.807, 2.05) is 6.07 Å². The molecule has 8 heteroatoms. The highest BCUT2D eigenvalue weighted by Gasteiger charge is 2.09. The van der Waals surface area contributed by atoms with Gasteiger partial charge in [-0.2, -0.15) is 0 Å². The maximum atomic E-state index is 11.8. The normalized spacial score (nSPS) is 11.5. The van der Waals surface area contributed by atoms with Gasteiger partial charge in [0, 0.05) is 16.8 Å². The number of benzene rings is 1. The lowest BCUT2D eigenvalue weighted by atomic mass is 10.1. The number of rotatable bonds is 3. The van der Waals surface area contributed by atoms with Crippen LogP contribution in [0, 0.1) is 4.77 Å². The van der Waals surface area contributed by atoms with E-state index in [9.17, 15) is 4.79 Å². The van der Waals surface area contributed by atoms with Crippen LogP contribution in [0.3, 0.4) is 0 Å². The van der Waals surface area contributed by atoms with Gasteiger partial charge in [-0.25, -0.2) is 0 Å². The zero-order valence-electron chi connectivity index (χ0n) is 11.2. The minimum atomic E-state index is -0.255. The van der Waals surface area contributed by atoms with E-state index in [-0.39, 0.29) is 5.56 Å². The molecule has 0 fully saturated rings. The van der Waals surface area contributed by atoms with E-state index in [4.69, 9.17) is 29.0 Å². The summed E-state index contributed by atoms with van der Waals surface area (Å²) in [5.74, 6) is 0. The lowest BCUT2D eigenvalue weighted by Crippen LogP contribution is -2.15. The Labute approximate surface area is 134 Å². The third-order valence-corrected chi connectivity index (χ3v) is 3.90. The van der Waals surface area contributed by atoms with Crippen molar-refractivity contribution in [2.75, 3.05) is 0 Å². The zero-order chi connectivity index (χ0) is 15.7. The van der Waals surface area contributed by atoms with Crippen LogP contribution in [0.1, 0.15) is 11.1 Å². The predicted molar refractivity (Wildman–Crippen MR) is 87.7 cm³/mol. The molecule has 1 aromatic carbocycles. The molecule has 3 N–H and O–H groups in total. The minimum Gasteiger partial charge on any atom is -0.411 e. The standard InChI is InChI=1S/C14H11ClN4O2S/c15-10-2-1-8(9(5-10)6-17-21)7-19-11-3-4-16-12(11)13(20)18-14(19)22/h1-6,16,21H,7H2,(H,18,20,22)/b17-6+. The van der Waals surface area contributed by atoms with E-state index in [2.05, 4.69) is 15.1 Å². The molecule has 0 saturated heterocycles. The number of aromatic nitrogens is 3. The van der Waals surface area contributed by atoms with Gasteiger partial charge in [0.15, 0.2) is 4.77 Å². The van der Waals surface area contributed by atoms with Gasteiger partial charge in [-0.05, 0) is 36.0 Å². The first-order chi connectivity index (χ1) is 10.6. The van der Waals surface area contributed by atoms with Crippen LogP contribution in [0.5, 0.6) is 0 Å². The van der Waals surface area contributed by atoms with Crippen LogP contribution in [-0.2, 0) is 6.54 Å². The molecular weight excluding hydrogens is 324 g/mol. The van der Waals surface area contributed by atoms with E-state index in [0.29, 0.717) is 32.9 Å². The molecule has 0 aliphatic carbocycles. The highest BCUT2D eigenvalue weighted by Crippen LogP contribution is 2.18. The number of oxime groups is 1. The van der Waals surface area contributed by atoms with Crippen molar-refractivity contribution in [2.24, 2.45) is 5.16 Å². The molecule has 3 aromatic rings. The number of fused-ring (bicyclic) bond motifs is 1. The van der Waals surface area contributed by atoms with E-state index >= 15 is 0 Å². The fourth-order valence-corrected chi connectivity index (χ4v) is 2.76. The molecule has 0 amide bonds. The molecular formula is C14H11ClN4O2S. The molecule has 112 valence electrons. The number of aromatic amines is 2. The Hall–Kier alpha value is -2.38. The molecule has 2 heterocycles. The van der Waals surface area contributed by atoms with E-state index in [0.717, 1.165) is 5.56 Å². The zero-order valence-corrected chi connectivity index (χ0v) is 12.8. The molecule has 0 unspecified atom stereocenters. The van der Waals surface area contributed by atoms with Crippen LogP contribution >= 0.6 is 23.8 Å². The Balaban J connectivity index is 2.17. The summed E-state index contributed by atoms with van der Waals surface area (Å²) >= 11 is 11.2. The number of hydrogen-bond acceptors (Lipinski definition) is 4. The second kappa shape index (κ2) is 5.78. The van der Waals surface area contributed by atoms with Crippen molar-refractivity contribution in [2.45, 2.75) is 6.54 Å². The van der Waals surface area contributed by atoms with Gasteiger partial charge < -0.3 is 14.8 Å². The third-order valence-electron chi connectivity index (χ3n) is 3.34. The SMILES string of the molecule is O=c1[nH]c(=S)n(Cc2ccc(Cl)cc2/C=N/O)c2cc[nH]c12. The van der Waals surface area contributed by atoms with Gasteiger partial charge in [-0.3, -0.25) is 9.78 Å². The molecule has 22 heavy (non-hydrogen) atoms. The van der Waals surface area contributed by atoms with Crippen LogP contribution in [-0.4, -0.2) is 26.0 Å². The molecule has 0 aliphatic heterocycles. The van der Waals surface area contributed by atoms with Crippen LogP contribution in [0.4, 0.5) is 0 Å². The lowest BCUT2D eigenvalue weighted by molar-refractivity contribution is 0.322.